The average Bonchev–Trinajstić information content (AvgIpc) is 2.53. The van der Waals surface area contributed by atoms with E-state index < -0.39 is 11.6 Å². The predicted molar refractivity (Wildman–Crippen MR) is 70.4 cm³/mol. The zero-order valence-electron chi connectivity index (χ0n) is 9.94. The monoisotopic (exact) mass is 311 g/mol. The van der Waals surface area contributed by atoms with Crippen LogP contribution in [0.5, 0.6) is 0 Å². The maximum atomic E-state index is 11.8. The number of carbonyl (C=O) groups excluding carboxylic acids is 2. The van der Waals surface area contributed by atoms with Crippen LogP contribution in [-0.2, 0) is 11.2 Å². The van der Waals surface area contributed by atoms with Crippen LogP contribution in [0.4, 0.5) is 4.79 Å². The Morgan fingerprint density at radius 3 is 2.61 bits per heavy atom. The molecule has 2 rings (SSSR count). The molecule has 1 saturated heterocycles. The van der Waals surface area contributed by atoms with Gasteiger partial charge in [-0.2, -0.15) is 5.01 Å². The first-order valence-electron chi connectivity index (χ1n) is 5.59. The Hall–Kier alpha value is -1.40. The minimum Gasteiger partial charge on any atom is -0.322 e. The lowest BCUT2D eigenvalue weighted by Crippen LogP contribution is -2.45. The standard InChI is InChI=1S/C12H14BrN3O2/c1-12(10(17)16(14)11(18)15-12)7-6-8-4-2-3-5-9(8)13/h2-5H,6-7,14H2,1H3,(H,15,18). The highest BCUT2D eigenvalue weighted by atomic mass is 79.9. The molecule has 6 heteroatoms. The third-order valence-electron chi connectivity index (χ3n) is 3.14. The molecule has 0 saturated carbocycles. The van der Waals surface area contributed by atoms with Crippen molar-refractivity contribution < 1.29 is 9.59 Å². The fraction of sp³-hybridized carbons (Fsp3) is 0.333. The molecule has 1 heterocycles. The van der Waals surface area contributed by atoms with Crippen LogP contribution in [0, 0.1) is 0 Å². The summed E-state index contributed by atoms with van der Waals surface area (Å²) < 4.78 is 0.995. The van der Waals surface area contributed by atoms with Gasteiger partial charge < -0.3 is 5.32 Å². The zero-order chi connectivity index (χ0) is 13.3. The van der Waals surface area contributed by atoms with Gasteiger partial charge in [0, 0.05) is 4.47 Å². The van der Waals surface area contributed by atoms with Crippen LogP contribution >= 0.6 is 15.9 Å². The number of nitrogens with one attached hydrogen (secondary N) is 1. The summed E-state index contributed by atoms with van der Waals surface area (Å²) in [4.78, 5) is 23.2. The number of carbonyl (C=O) groups is 2. The Morgan fingerprint density at radius 1 is 1.39 bits per heavy atom. The van der Waals surface area contributed by atoms with Gasteiger partial charge in [0.1, 0.15) is 5.54 Å². The van der Waals surface area contributed by atoms with Crippen LogP contribution in [0.3, 0.4) is 0 Å². The first-order valence-corrected chi connectivity index (χ1v) is 6.38. The van der Waals surface area contributed by atoms with Gasteiger partial charge in [0.25, 0.3) is 5.91 Å². The number of urea groups is 1. The van der Waals surface area contributed by atoms with Crippen molar-refractivity contribution >= 4 is 27.9 Å². The number of amides is 3. The highest BCUT2D eigenvalue weighted by molar-refractivity contribution is 9.10. The van der Waals surface area contributed by atoms with Gasteiger partial charge >= 0.3 is 6.03 Å². The van der Waals surface area contributed by atoms with Crippen molar-refractivity contribution in [3.8, 4) is 0 Å². The second kappa shape index (κ2) is 4.70. The molecule has 1 atom stereocenters. The van der Waals surface area contributed by atoms with Crippen LogP contribution in [0.1, 0.15) is 18.9 Å². The maximum Gasteiger partial charge on any atom is 0.339 e. The number of hydrogen-bond donors (Lipinski definition) is 2. The minimum absolute atomic E-state index is 0.389. The van der Waals surface area contributed by atoms with Crippen molar-refractivity contribution in [1.82, 2.24) is 10.3 Å². The van der Waals surface area contributed by atoms with Crippen molar-refractivity contribution in [3.63, 3.8) is 0 Å². The van der Waals surface area contributed by atoms with E-state index in [9.17, 15) is 9.59 Å². The molecule has 0 radical (unpaired) electrons. The topological polar surface area (TPSA) is 75.4 Å². The lowest BCUT2D eigenvalue weighted by Gasteiger charge is -2.20. The van der Waals surface area contributed by atoms with Crippen LogP contribution in [0.15, 0.2) is 28.7 Å². The fourth-order valence-electron chi connectivity index (χ4n) is 1.96. The highest BCUT2D eigenvalue weighted by Gasteiger charge is 2.46. The van der Waals surface area contributed by atoms with E-state index in [1.807, 2.05) is 24.3 Å². The third-order valence-corrected chi connectivity index (χ3v) is 3.92. The van der Waals surface area contributed by atoms with Gasteiger partial charge in [0.05, 0.1) is 0 Å². The van der Waals surface area contributed by atoms with E-state index in [1.165, 1.54) is 0 Å². The van der Waals surface area contributed by atoms with Gasteiger partial charge in [-0.05, 0) is 31.4 Å². The molecule has 0 bridgehead atoms. The number of aryl methyl sites for hydroxylation is 1. The van der Waals surface area contributed by atoms with E-state index in [-0.39, 0.29) is 5.91 Å². The van der Waals surface area contributed by atoms with Gasteiger partial charge in [0.2, 0.25) is 0 Å². The molecule has 1 fully saturated rings. The number of nitrogens with two attached hydrogens (primary N) is 1. The molecule has 18 heavy (non-hydrogen) atoms. The molecule has 3 N–H and O–H groups in total. The molecule has 1 aliphatic heterocycles. The number of hydrazine groups is 1. The molecule has 5 nitrogen and oxygen atoms in total. The van der Waals surface area contributed by atoms with E-state index in [1.54, 1.807) is 6.92 Å². The van der Waals surface area contributed by atoms with Gasteiger partial charge in [-0.1, -0.05) is 34.1 Å². The van der Waals surface area contributed by atoms with E-state index >= 15 is 0 Å². The first kappa shape index (κ1) is 13.0. The summed E-state index contributed by atoms with van der Waals surface area (Å²) in [6, 6.07) is 7.25. The quantitative estimate of drug-likeness (QED) is 0.505. The summed E-state index contributed by atoms with van der Waals surface area (Å²) in [6.07, 6.45) is 1.19. The molecule has 0 aliphatic carbocycles. The zero-order valence-corrected chi connectivity index (χ0v) is 11.5. The van der Waals surface area contributed by atoms with Gasteiger partial charge in [-0.3, -0.25) is 4.79 Å². The molecule has 1 aromatic rings. The average molecular weight is 312 g/mol. The summed E-state index contributed by atoms with van der Waals surface area (Å²) in [5, 5.41) is 3.26. The smallest absolute Gasteiger partial charge is 0.322 e. The molecule has 0 aromatic heterocycles. The normalized spacial score (nSPS) is 23.4. The second-order valence-corrected chi connectivity index (χ2v) is 5.38. The van der Waals surface area contributed by atoms with Crippen LogP contribution < -0.4 is 11.2 Å². The van der Waals surface area contributed by atoms with Crippen molar-refractivity contribution in [2.45, 2.75) is 25.3 Å². The number of benzene rings is 1. The largest absolute Gasteiger partial charge is 0.339 e. The van der Waals surface area contributed by atoms with Crippen molar-refractivity contribution in [2.24, 2.45) is 5.84 Å². The number of hydrogen-bond acceptors (Lipinski definition) is 3. The van der Waals surface area contributed by atoms with Gasteiger partial charge in [-0.15, -0.1) is 0 Å². The number of halogens is 1. The summed E-state index contributed by atoms with van der Waals surface area (Å²) in [5.41, 5.74) is 0.178. The van der Waals surface area contributed by atoms with Crippen LogP contribution in [0.25, 0.3) is 0 Å². The lowest BCUT2D eigenvalue weighted by molar-refractivity contribution is -0.131. The second-order valence-electron chi connectivity index (χ2n) is 4.53. The molecule has 1 unspecified atom stereocenters. The molecular formula is C12H14BrN3O2. The number of nitrogens with zero attached hydrogens (tertiary/aromatic N) is 1. The van der Waals surface area contributed by atoms with Crippen molar-refractivity contribution in [1.29, 1.82) is 0 Å². The van der Waals surface area contributed by atoms with Crippen molar-refractivity contribution in [3.05, 3.63) is 34.3 Å². The third kappa shape index (κ3) is 2.26. The maximum absolute atomic E-state index is 11.8. The summed E-state index contributed by atoms with van der Waals surface area (Å²) in [6.45, 7) is 1.69. The molecule has 0 spiro atoms. The van der Waals surface area contributed by atoms with Gasteiger partial charge in [0.15, 0.2) is 0 Å². The predicted octanol–water partition coefficient (Wildman–Crippen LogP) is 1.57. The molecular weight excluding hydrogens is 298 g/mol. The molecule has 1 aromatic carbocycles. The minimum atomic E-state index is -0.916. The van der Waals surface area contributed by atoms with Crippen LogP contribution in [-0.4, -0.2) is 22.5 Å². The fourth-order valence-corrected chi connectivity index (χ4v) is 2.45. The Balaban J connectivity index is 2.09. The van der Waals surface area contributed by atoms with Crippen LogP contribution in [0.2, 0.25) is 0 Å². The number of imide groups is 1. The number of rotatable bonds is 3. The Labute approximate surface area is 113 Å². The van der Waals surface area contributed by atoms with Gasteiger partial charge in [-0.25, -0.2) is 10.6 Å². The lowest BCUT2D eigenvalue weighted by atomic mass is 9.93. The van der Waals surface area contributed by atoms with E-state index in [0.717, 1.165) is 10.0 Å². The molecule has 96 valence electrons. The Morgan fingerprint density at radius 2 is 2.06 bits per heavy atom. The van der Waals surface area contributed by atoms with E-state index in [2.05, 4.69) is 21.2 Å². The summed E-state index contributed by atoms with van der Waals surface area (Å²) >= 11 is 3.45. The highest BCUT2D eigenvalue weighted by Crippen LogP contribution is 2.24. The SMILES string of the molecule is CC1(CCc2ccccc2Br)NC(=O)N(N)C1=O. The van der Waals surface area contributed by atoms with E-state index in [4.69, 9.17) is 5.84 Å². The van der Waals surface area contributed by atoms with E-state index in [0.29, 0.717) is 17.9 Å². The first-order chi connectivity index (χ1) is 8.44. The Bertz CT molecular complexity index is 506. The molecule has 1 aliphatic rings. The summed E-state index contributed by atoms with van der Waals surface area (Å²) in [5.74, 6) is 4.97. The Kier molecular flexibility index (Phi) is 3.41. The summed E-state index contributed by atoms with van der Waals surface area (Å²) in [7, 11) is 0. The molecule has 3 amide bonds. The van der Waals surface area contributed by atoms with Crippen molar-refractivity contribution in [2.75, 3.05) is 0 Å².